The van der Waals surface area contributed by atoms with Crippen LogP contribution in [0.4, 0.5) is 0 Å². The fraction of sp³-hybridized carbons (Fsp3) is 0.474. The van der Waals surface area contributed by atoms with Gasteiger partial charge in [0.15, 0.2) is 0 Å². The molecule has 1 heterocycles. The predicted molar refractivity (Wildman–Crippen MR) is 105 cm³/mol. The van der Waals surface area contributed by atoms with Crippen LogP contribution in [0.2, 0.25) is 0 Å². The predicted octanol–water partition coefficient (Wildman–Crippen LogP) is 2.83. The van der Waals surface area contributed by atoms with E-state index in [1.54, 1.807) is 12.1 Å². The second-order valence-electron chi connectivity index (χ2n) is 8.38. The van der Waals surface area contributed by atoms with Crippen LogP contribution in [0.1, 0.15) is 44.0 Å². The van der Waals surface area contributed by atoms with Gasteiger partial charge in [-0.1, -0.05) is 38.5 Å². The summed E-state index contributed by atoms with van der Waals surface area (Å²) in [7, 11) is -7.92. The second-order valence-corrected chi connectivity index (χ2v) is 11.7. The van der Waals surface area contributed by atoms with Gasteiger partial charge >= 0.3 is 0 Å². The molecule has 0 saturated heterocycles. The van der Waals surface area contributed by atoms with Gasteiger partial charge in [-0.3, -0.25) is 0 Å². The highest BCUT2D eigenvalue weighted by Crippen LogP contribution is 2.40. The second kappa shape index (κ2) is 6.46. The summed E-state index contributed by atoms with van der Waals surface area (Å²) in [4.78, 5) is 0.0466. The minimum absolute atomic E-state index is 0.0117. The highest BCUT2D eigenvalue weighted by Gasteiger charge is 2.36. The van der Waals surface area contributed by atoms with E-state index in [9.17, 15) is 16.8 Å². The summed E-state index contributed by atoms with van der Waals surface area (Å²) in [6, 6.07) is 6.53. The Kier molecular flexibility index (Phi) is 4.81. The minimum atomic E-state index is -4.01. The van der Waals surface area contributed by atoms with Gasteiger partial charge < -0.3 is 0 Å². The molecule has 1 aliphatic carbocycles. The van der Waals surface area contributed by atoms with E-state index < -0.39 is 20.0 Å². The Morgan fingerprint density at radius 3 is 2.19 bits per heavy atom. The van der Waals surface area contributed by atoms with Crippen molar-refractivity contribution in [3.05, 3.63) is 47.3 Å². The van der Waals surface area contributed by atoms with Gasteiger partial charge in [-0.2, -0.15) is 0 Å². The number of sulfonamides is 1. The molecular weight excluding hydrogens is 384 g/mol. The molecule has 0 fully saturated rings. The van der Waals surface area contributed by atoms with Gasteiger partial charge in [0, 0.05) is 11.9 Å². The zero-order chi connectivity index (χ0) is 20.2. The number of nitrogens with zero attached hydrogens (tertiary/aromatic N) is 1. The first-order valence-corrected chi connectivity index (χ1v) is 11.9. The Bertz CT molecular complexity index is 1070. The third kappa shape index (κ3) is 3.70. The lowest BCUT2D eigenvalue weighted by atomic mass is 9.72. The molecule has 0 amide bonds. The Hall–Kier alpha value is -1.64. The topological polar surface area (TPSA) is 99.2 Å². The molecular formula is C19H26N2O4S2. The maximum absolute atomic E-state index is 13.2. The van der Waals surface area contributed by atoms with Gasteiger partial charge in [-0.15, -0.1) is 0 Å². The van der Waals surface area contributed by atoms with Crippen molar-refractivity contribution in [3.63, 3.8) is 0 Å². The maximum atomic E-state index is 13.2. The molecule has 1 unspecified atom stereocenters. The normalized spacial score (nSPS) is 18.3. The monoisotopic (exact) mass is 410 g/mol. The van der Waals surface area contributed by atoms with E-state index in [-0.39, 0.29) is 21.1 Å². The van der Waals surface area contributed by atoms with Crippen LogP contribution in [0.15, 0.2) is 40.3 Å². The average molecular weight is 411 g/mol. The number of aromatic nitrogens is 1. The smallest absolute Gasteiger partial charge is 0.244 e. The molecule has 2 N–H and O–H groups in total. The highest BCUT2D eigenvalue weighted by atomic mass is 32.2. The van der Waals surface area contributed by atoms with Crippen LogP contribution in [0.5, 0.6) is 0 Å². The Balaban J connectivity index is 2.22. The number of primary sulfonamides is 1. The zero-order valence-corrected chi connectivity index (χ0v) is 17.7. The quantitative estimate of drug-likeness (QED) is 0.841. The fourth-order valence-corrected chi connectivity index (χ4v) is 6.00. The number of aryl methyl sites for hydroxylation is 1. The molecule has 1 aromatic heterocycles. The molecule has 148 valence electrons. The van der Waals surface area contributed by atoms with E-state index in [4.69, 9.17) is 5.14 Å². The lowest BCUT2D eigenvalue weighted by molar-refractivity contribution is 0.213. The van der Waals surface area contributed by atoms with E-state index >= 15 is 0 Å². The summed E-state index contributed by atoms with van der Waals surface area (Å²) in [5.41, 5.74) is 2.00. The van der Waals surface area contributed by atoms with E-state index in [0.717, 1.165) is 16.0 Å². The van der Waals surface area contributed by atoms with Gasteiger partial charge in [0.2, 0.25) is 10.0 Å². The maximum Gasteiger partial charge on any atom is 0.267 e. The molecule has 0 saturated carbocycles. The molecule has 0 aliphatic heterocycles. The van der Waals surface area contributed by atoms with Crippen molar-refractivity contribution in [1.29, 1.82) is 0 Å². The molecule has 8 heteroatoms. The number of hydrogen-bond acceptors (Lipinski definition) is 4. The molecule has 6 nitrogen and oxygen atoms in total. The molecule has 2 aromatic rings. The largest absolute Gasteiger partial charge is 0.267 e. The number of fused-ring (bicyclic) bond motifs is 1. The van der Waals surface area contributed by atoms with Crippen LogP contribution >= 0.6 is 0 Å². The van der Waals surface area contributed by atoms with Gasteiger partial charge in [0.05, 0.1) is 4.90 Å². The molecule has 1 aromatic carbocycles. The van der Waals surface area contributed by atoms with Gasteiger partial charge in [0.25, 0.3) is 10.0 Å². The third-order valence-corrected chi connectivity index (χ3v) is 8.11. The zero-order valence-electron chi connectivity index (χ0n) is 16.1. The summed E-state index contributed by atoms with van der Waals surface area (Å²) >= 11 is 0. The molecule has 27 heavy (non-hydrogen) atoms. The summed E-state index contributed by atoms with van der Waals surface area (Å²) in [6.45, 7) is 8.22. The first-order valence-electron chi connectivity index (χ1n) is 8.90. The van der Waals surface area contributed by atoms with Crippen LogP contribution < -0.4 is 5.14 Å². The van der Waals surface area contributed by atoms with Crippen molar-refractivity contribution in [3.8, 4) is 0 Å². The molecule has 1 atom stereocenters. The Labute approximate surface area is 161 Å². The van der Waals surface area contributed by atoms with Gasteiger partial charge in [-0.05, 0) is 55.2 Å². The molecule has 0 radical (unpaired) electrons. The van der Waals surface area contributed by atoms with Crippen molar-refractivity contribution in [2.24, 2.45) is 16.5 Å². The molecule has 3 rings (SSSR count). The summed E-state index contributed by atoms with van der Waals surface area (Å²) in [5, 5.41) is 5.38. The number of nitrogens with two attached hydrogens (primary N) is 1. The first kappa shape index (κ1) is 20.1. The summed E-state index contributed by atoms with van der Waals surface area (Å²) in [6.07, 6.45) is 2.98. The minimum Gasteiger partial charge on any atom is -0.244 e. The average Bonchev–Trinajstić information content (AvgIpc) is 2.94. The Morgan fingerprint density at radius 2 is 1.67 bits per heavy atom. The van der Waals surface area contributed by atoms with Crippen molar-refractivity contribution in [2.45, 2.75) is 56.7 Å². The lowest BCUT2D eigenvalue weighted by Crippen LogP contribution is -2.29. The van der Waals surface area contributed by atoms with Gasteiger partial charge in [-0.25, -0.2) is 25.9 Å². The van der Waals surface area contributed by atoms with Gasteiger partial charge in [0.1, 0.15) is 4.90 Å². The van der Waals surface area contributed by atoms with E-state index in [2.05, 4.69) is 20.8 Å². The standard InChI is InChI=1S/C19H26N2O4S2/c1-13-5-8-15(9-6-13)27(24,25)21-12-18(26(20,22)23)16-10-7-14(11-17(16)21)19(2,3)4/h5-6,8-9,12,14H,7,10-11H2,1-4H3,(H2,20,22,23). The first-order chi connectivity index (χ1) is 12.3. The lowest BCUT2D eigenvalue weighted by Gasteiger charge is -2.34. The van der Waals surface area contributed by atoms with Crippen LogP contribution in [0, 0.1) is 18.3 Å². The van der Waals surface area contributed by atoms with Crippen molar-refractivity contribution in [1.82, 2.24) is 3.97 Å². The third-order valence-electron chi connectivity index (χ3n) is 5.44. The van der Waals surface area contributed by atoms with Crippen molar-refractivity contribution < 1.29 is 16.8 Å². The molecule has 0 bridgehead atoms. The molecule has 1 aliphatic rings. The number of benzene rings is 1. The number of hydrogen-bond donors (Lipinski definition) is 1. The van der Waals surface area contributed by atoms with Crippen molar-refractivity contribution in [2.75, 3.05) is 0 Å². The number of rotatable bonds is 3. The fourth-order valence-electron chi connectivity index (χ4n) is 3.69. The summed E-state index contributed by atoms with van der Waals surface area (Å²) < 4.78 is 51.8. The highest BCUT2D eigenvalue weighted by molar-refractivity contribution is 7.90. The summed E-state index contributed by atoms with van der Waals surface area (Å²) in [5.74, 6) is 0.250. The van der Waals surface area contributed by atoms with Crippen LogP contribution in [-0.2, 0) is 32.9 Å². The van der Waals surface area contributed by atoms with Crippen LogP contribution in [0.3, 0.4) is 0 Å². The van der Waals surface area contributed by atoms with E-state index in [1.165, 1.54) is 18.3 Å². The SMILES string of the molecule is Cc1ccc(S(=O)(=O)n2cc(S(N)(=O)=O)c3c2CC(C(C)(C)C)CC3)cc1. The van der Waals surface area contributed by atoms with E-state index in [0.29, 0.717) is 24.1 Å². The van der Waals surface area contributed by atoms with Crippen LogP contribution in [0.25, 0.3) is 0 Å². The molecule has 0 spiro atoms. The van der Waals surface area contributed by atoms with Crippen molar-refractivity contribution >= 4 is 20.0 Å². The van der Waals surface area contributed by atoms with Crippen LogP contribution in [-0.4, -0.2) is 20.8 Å². The van der Waals surface area contributed by atoms with E-state index in [1.807, 2.05) is 6.92 Å². The Morgan fingerprint density at radius 1 is 1.07 bits per heavy atom.